The highest BCUT2D eigenvalue weighted by Crippen LogP contribution is 2.55. The van der Waals surface area contributed by atoms with E-state index in [0.717, 1.165) is 37.0 Å². The van der Waals surface area contributed by atoms with E-state index >= 15 is 0 Å². The molecule has 10 heteroatoms. The Morgan fingerprint density at radius 2 is 1.57 bits per heavy atom. The van der Waals surface area contributed by atoms with Gasteiger partial charge in [-0.1, -0.05) is 0 Å². The Morgan fingerprint density at radius 1 is 1.17 bits per heavy atom. The Kier molecular flexibility index (Phi) is 5.28. The summed E-state index contributed by atoms with van der Waals surface area (Å²) in [6.07, 6.45) is 6.57. The quantitative estimate of drug-likeness (QED) is 0.481. The molecule has 1 amide bonds. The van der Waals surface area contributed by atoms with Crippen molar-refractivity contribution in [2.45, 2.75) is 48.9 Å². The predicted octanol–water partition coefficient (Wildman–Crippen LogP) is 3.08. The molecule has 0 aromatic rings. The summed E-state index contributed by atoms with van der Waals surface area (Å²) in [6.45, 7) is 0. The van der Waals surface area contributed by atoms with E-state index in [9.17, 15) is 22.0 Å². The number of hydrogen-bond acceptors (Lipinski definition) is 3. The summed E-state index contributed by atoms with van der Waals surface area (Å²) >= 11 is 1.74. The summed E-state index contributed by atoms with van der Waals surface area (Å²) < 4.78 is 50.4. The Labute approximate surface area is 141 Å². The van der Waals surface area contributed by atoms with Crippen LogP contribution in [0.4, 0.5) is 13.6 Å². The number of carbonyl (C=O) groups is 1. The van der Waals surface area contributed by atoms with Crippen molar-refractivity contribution in [2.75, 3.05) is 5.75 Å². The van der Waals surface area contributed by atoms with Gasteiger partial charge in [0.15, 0.2) is 0 Å². The Balaban J connectivity index is 0.000000188. The van der Waals surface area contributed by atoms with Gasteiger partial charge in [-0.25, -0.2) is 4.79 Å². The van der Waals surface area contributed by atoms with Crippen LogP contribution in [0.25, 0.3) is 0 Å². The standard InChI is InChI=1S/C11H17NO2.C2H3BrF2O3S/c13-10(14)12-11-4-7-1-8(5-11)3-9(2-7)6-11;3-2(4,5)1-9(6,7)8/h7-9,12H,1-6H2,(H,13,14);1H2,(H,6,7,8). The highest BCUT2D eigenvalue weighted by molar-refractivity contribution is 9.10. The Morgan fingerprint density at radius 3 is 1.78 bits per heavy atom. The van der Waals surface area contributed by atoms with Gasteiger partial charge in [0.1, 0.15) is 5.75 Å². The van der Waals surface area contributed by atoms with Crippen LogP contribution in [0.1, 0.15) is 38.5 Å². The zero-order chi connectivity index (χ0) is 17.5. The Bertz CT molecular complexity index is 528. The molecule has 6 nitrogen and oxygen atoms in total. The van der Waals surface area contributed by atoms with Gasteiger partial charge in [0, 0.05) is 5.54 Å². The van der Waals surface area contributed by atoms with Crippen LogP contribution >= 0.6 is 15.9 Å². The third-order valence-corrected chi connectivity index (χ3v) is 6.14. The lowest BCUT2D eigenvalue weighted by Gasteiger charge is -2.56. The minimum Gasteiger partial charge on any atom is -0.465 e. The molecule has 23 heavy (non-hydrogen) atoms. The van der Waals surface area contributed by atoms with E-state index in [2.05, 4.69) is 5.32 Å². The third-order valence-electron chi connectivity index (χ3n) is 4.76. The lowest BCUT2D eigenvalue weighted by atomic mass is 9.53. The maximum atomic E-state index is 11.6. The predicted molar refractivity (Wildman–Crippen MR) is 82.4 cm³/mol. The smallest absolute Gasteiger partial charge is 0.405 e. The summed E-state index contributed by atoms with van der Waals surface area (Å²) in [6, 6.07) is 0. The molecular formula is C13H20BrF2NO5S. The number of nitrogens with one attached hydrogen (secondary N) is 1. The third kappa shape index (κ3) is 5.82. The van der Waals surface area contributed by atoms with Gasteiger partial charge in [-0.15, -0.1) is 0 Å². The van der Waals surface area contributed by atoms with Gasteiger partial charge in [-0.3, -0.25) is 4.55 Å². The van der Waals surface area contributed by atoms with Crippen LogP contribution < -0.4 is 5.32 Å². The first-order valence-electron chi connectivity index (χ1n) is 7.39. The molecule has 0 heterocycles. The number of alkyl halides is 3. The molecular weight excluding hydrogens is 400 g/mol. The van der Waals surface area contributed by atoms with Crippen molar-refractivity contribution in [1.82, 2.24) is 5.32 Å². The van der Waals surface area contributed by atoms with Crippen molar-refractivity contribution in [3.05, 3.63) is 0 Å². The zero-order valence-electron chi connectivity index (χ0n) is 12.3. The molecule has 4 saturated carbocycles. The monoisotopic (exact) mass is 419 g/mol. The SMILES string of the molecule is O=C(O)NC12CC3CC(CC(C3)C1)C2.O=S(=O)(O)CC(F)(F)Br. The van der Waals surface area contributed by atoms with Crippen molar-refractivity contribution in [1.29, 1.82) is 0 Å². The van der Waals surface area contributed by atoms with Gasteiger partial charge >= 0.3 is 10.9 Å². The first-order valence-corrected chi connectivity index (χ1v) is 9.79. The van der Waals surface area contributed by atoms with Gasteiger partial charge in [0.25, 0.3) is 10.1 Å². The van der Waals surface area contributed by atoms with E-state index in [1.165, 1.54) is 19.3 Å². The molecule has 134 valence electrons. The fourth-order valence-electron chi connectivity index (χ4n) is 4.70. The maximum absolute atomic E-state index is 11.6. The average molecular weight is 420 g/mol. The van der Waals surface area contributed by atoms with Crippen molar-refractivity contribution < 1.29 is 31.7 Å². The maximum Gasteiger partial charge on any atom is 0.405 e. The molecule has 4 rings (SSSR count). The van der Waals surface area contributed by atoms with Crippen molar-refractivity contribution in [3.8, 4) is 0 Å². The minimum absolute atomic E-state index is 0.0272. The minimum atomic E-state index is -4.58. The second-order valence-corrected chi connectivity index (χ2v) is 9.58. The Hall–Kier alpha value is -0.480. The fourth-order valence-corrected chi connectivity index (χ4v) is 5.98. The van der Waals surface area contributed by atoms with Crippen LogP contribution in [0, 0.1) is 17.8 Å². The first kappa shape index (κ1) is 18.9. The van der Waals surface area contributed by atoms with Gasteiger partial charge in [-0.05, 0) is 72.2 Å². The van der Waals surface area contributed by atoms with E-state index in [-0.39, 0.29) is 5.54 Å². The van der Waals surface area contributed by atoms with Crippen LogP contribution in [0.2, 0.25) is 0 Å². The summed E-state index contributed by atoms with van der Waals surface area (Å²) in [4.78, 5) is 7.23. The molecule has 0 unspecified atom stereocenters. The van der Waals surface area contributed by atoms with E-state index in [1.54, 1.807) is 15.9 Å². The molecule has 0 radical (unpaired) electrons. The van der Waals surface area contributed by atoms with Crippen molar-refractivity contribution in [2.24, 2.45) is 17.8 Å². The molecule has 4 aliphatic carbocycles. The number of halogens is 3. The highest BCUT2D eigenvalue weighted by Gasteiger charge is 2.51. The molecule has 3 N–H and O–H groups in total. The molecule has 4 fully saturated rings. The average Bonchev–Trinajstić information content (AvgIpc) is 2.19. The first-order chi connectivity index (χ1) is 10.4. The number of amides is 1. The molecule has 0 aromatic carbocycles. The lowest BCUT2D eigenvalue weighted by Crippen LogP contribution is -2.59. The van der Waals surface area contributed by atoms with Gasteiger partial charge in [-0.2, -0.15) is 17.2 Å². The summed E-state index contributed by atoms with van der Waals surface area (Å²) in [5.41, 5.74) is -0.0272. The number of rotatable bonds is 3. The van der Waals surface area contributed by atoms with Gasteiger partial charge < -0.3 is 10.4 Å². The van der Waals surface area contributed by atoms with Crippen LogP contribution in [0.5, 0.6) is 0 Å². The highest BCUT2D eigenvalue weighted by atomic mass is 79.9. The van der Waals surface area contributed by atoms with Gasteiger partial charge in [0.2, 0.25) is 0 Å². The van der Waals surface area contributed by atoms with Gasteiger partial charge in [0.05, 0.1) is 0 Å². The zero-order valence-corrected chi connectivity index (χ0v) is 14.7. The second-order valence-electron chi connectivity index (χ2n) is 6.97. The van der Waals surface area contributed by atoms with E-state index in [1.807, 2.05) is 0 Å². The van der Waals surface area contributed by atoms with E-state index in [0.29, 0.717) is 0 Å². The second kappa shape index (κ2) is 6.44. The van der Waals surface area contributed by atoms with Crippen LogP contribution in [0.15, 0.2) is 0 Å². The molecule has 0 aliphatic heterocycles. The van der Waals surface area contributed by atoms with Crippen LogP contribution in [-0.4, -0.2) is 40.3 Å². The van der Waals surface area contributed by atoms with E-state index < -0.39 is 26.8 Å². The molecule has 0 aromatic heterocycles. The summed E-state index contributed by atoms with van der Waals surface area (Å²) in [5, 5.41) is 11.7. The van der Waals surface area contributed by atoms with Crippen LogP contribution in [-0.2, 0) is 10.1 Å². The summed E-state index contributed by atoms with van der Waals surface area (Å²) in [5.74, 6) is 0.842. The van der Waals surface area contributed by atoms with E-state index in [4.69, 9.17) is 9.66 Å². The normalized spacial score (nSPS) is 35.4. The molecule has 4 bridgehead atoms. The molecule has 4 aliphatic rings. The fraction of sp³-hybridized carbons (Fsp3) is 0.923. The topological polar surface area (TPSA) is 104 Å². The number of carboxylic acid groups (broad SMARTS) is 1. The molecule has 0 spiro atoms. The molecule has 0 atom stereocenters. The van der Waals surface area contributed by atoms with Crippen molar-refractivity contribution >= 4 is 32.1 Å². The molecule has 0 saturated heterocycles. The number of hydrogen-bond donors (Lipinski definition) is 3. The summed E-state index contributed by atoms with van der Waals surface area (Å²) in [7, 11) is -4.58. The largest absolute Gasteiger partial charge is 0.465 e. The lowest BCUT2D eigenvalue weighted by molar-refractivity contribution is -0.0167. The van der Waals surface area contributed by atoms with Crippen LogP contribution in [0.3, 0.4) is 0 Å². The van der Waals surface area contributed by atoms with Crippen molar-refractivity contribution in [3.63, 3.8) is 0 Å².